The first kappa shape index (κ1) is 34.8. The van der Waals surface area contributed by atoms with E-state index < -0.39 is 8.07 Å². The molecule has 2 heterocycles. The molecule has 2 nitrogen and oxygen atoms in total. The van der Waals surface area contributed by atoms with Crippen LogP contribution in [0.1, 0.15) is 25.0 Å². The lowest BCUT2D eigenvalue weighted by Gasteiger charge is -2.34. The molecule has 0 saturated heterocycles. The van der Waals surface area contributed by atoms with Gasteiger partial charge in [0.1, 0.15) is 0 Å². The molecule has 0 fully saturated rings. The lowest BCUT2D eigenvalue weighted by molar-refractivity contribution is 0.661. The third kappa shape index (κ3) is 4.81. The molecule has 1 aliphatic carbocycles. The van der Waals surface area contributed by atoms with Crippen molar-refractivity contribution in [2.45, 2.75) is 19.3 Å². The molecule has 0 aliphatic heterocycles. The average molecular weight is 783 g/mol. The van der Waals surface area contributed by atoms with Crippen molar-refractivity contribution in [1.29, 1.82) is 0 Å². The zero-order valence-corrected chi connectivity index (χ0v) is 34.7. The minimum atomic E-state index is -2.91. The minimum Gasteiger partial charge on any atom is -0.309 e. The Morgan fingerprint density at radius 3 is 1.52 bits per heavy atom. The average Bonchev–Trinajstić information content (AvgIpc) is 3.91. The normalized spacial score (nSPS) is 13.3. The van der Waals surface area contributed by atoms with E-state index in [2.05, 4.69) is 241 Å². The Hall–Kier alpha value is -7.20. The Labute approximate surface area is 351 Å². The second kappa shape index (κ2) is 13.2. The molecule has 3 heteroatoms. The van der Waals surface area contributed by atoms with Crippen LogP contribution >= 0.6 is 0 Å². The third-order valence-corrected chi connectivity index (χ3v) is 18.2. The standard InChI is InChI=1S/C57H42N2Si/c1-57(2)50-27-15-12-26-49(50)55-51(57)37-36-48-46-25-14-17-29-53(46)59(56(48)55)40-30-32-43(33-31-40)60(41-20-8-4-9-21-41,42-22-10-5-11-23-42)44-34-35-47-45-24-13-16-28-52(45)58(54(47)38-44)39-18-6-3-7-19-39/h3-38H,1-2H3. The summed E-state index contributed by atoms with van der Waals surface area (Å²) in [5.41, 5.74) is 12.7. The molecule has 0 atom stereocenters. The van der Waals surface area contributed by atoms with E-state index in [1.165, 1.54) is 98.0 Å². The summed E-state index contributed by atoms with van der Waals surface area (Å²) in [6.07, 6.45) is 0. The van der Waals surface area contributed by atoms with Gasteiger partial charge in [0.05, 0.1) is 22.1 Å². The van der Waals surface area contributed by atoms with E-state index in [4.69, 9.17) is 0 Å². The Kier molecular flexibility index (Phi) is 7.63. The summed E-state index contributed by atoms with van der Waals surface area (Å²) in [5.74, 6) is 0. The molecule has 0 bridgehead atoms. The number of benzene rings is 9. The van der Waals surface area contributed by atoms with Crippen molar-refractivity contribution in [2.75, 3.05) is 0 Å². The van der Waals surface area contributed by atoms with E-state index in [1.54, 1.807) is 0 Å². The number of hydrogen-bond donors (Lipinski definition) is 0. The van der Waals surface area contributed by atoms with E-state index in [0.29, 0.717) is 0 Å². The summed E-state index contributed by atoms with van der Waals surface area (Å²) in [5, 5.41) is 10.5. The lowest BCUT2D eigenvalue weighted by Crippen LogP contribution is -2.74. The van der Waals surface area contributed by atoms with Crippen LogP contribution in [-0.2, 0) is 5.41 Å². The van der Waals surface area contributed by atoms with Gasteiger partial charge in [-0.25, -0.2) is 0 Å². The highest BCUT2D eigenvalue weighted by molar-refractivity contribution is 7.20. The fourth-order valence-electron chi connectivity index (χ4n) is 10.8. The van der Waals surface area contributed by atoms with Crippen LogP contribution in [0.5, 0.6) is 0 Å². The van der Waals surface area contributed by atoms with E-state index >= 15 is 0 Å². The molecule has 0 spiro atoms. The lowest BCUT2D eigenvalue weighted by atomic mass is 9.82. The first-order valence-corrected chi connectivity index (χ1v) is 23.0. The van der Waals surface area contributed by atoms with Gasteiger partial charge in [-0.1, -0.05) is 190 Å². The molecule has 2 aromatic heterocycles. The van der Waals surface area contributed by atoms with Crippen LogP contribution in [0.4, 0.5) is 0 Å². The molecular weight excluding hydrogens is 741 g/mol. The maximum atomic E-state index is 2.53. The minimum absolute atomic E-state index is 0.0881. The monoisotopic (exact) mass is 782 g/mol. The first-order valence-electron chi connectivity index (χ1n) is 21.0. The van der Waals surface area contributed by atoms with Gasteiger partial charge in [0.25, 0.3) is 0 Å². The second-order valence-electron chi connectivity index (χ2n) is 16.9. The Morgan fingerprint density at radius 1 is 0.350 bits per heavy atom. The molecule has 60 heavy (non-hydrogen) atoms. The number of fused-ring (bicyclic) bond motifs is 10. The van der Waals surface area contributed by atoms with Gasteiger partial charge in [0.15, 0.2) is 8.07 Å². The van der Waals surface area contributed by atoms with E-state index in [0.717, 1.165) is 0 Å². The van der Waals surface area contributed by atoms with Crippen LogP contribution in [0, 0.1) is 0 Å². The Balaban J connectivity index is 1.14. The van der Waals surface area contributed by atoms with Crippen LogP contribution in [-0.4, -0.2) is 17.2 Å². The van der Waals surface area contributed by atoms with Crippen molar-refractivity contribution >= 4 is 72.4 Å². The van der Waals surface area contributed by atoms with Gasteiger partial charge in [-0.15, -0.1) is 0 Å². The van der Waals surface area contributed by atoms with E-state index in [1.807, 2.05) is 0 Å². The molecule has 9 aromatic carbocycles. The molecule has 0 N–H and O–H groups in total. The van der Waals surface area contributed by atoms with Crippen LogP contribution in [0.25, 0.3) is 66.1 Å². The van der Waals surface area contributed by atoms with Crippen molar-refractivity contribution in [3.8, 4) is 22.5 Å². The quantitative estimate of drug-likeness (QED) is 0.117. The molecule has 0 unspecified atom stereocenters. The van der Waals surface area contributed by atoms with Gasteiger partial charge in [0.2, 0.25) is 0 Å². The molecule has 0 saturated carbocycles. The number of aromatic nitrogens is 2. The SMILES string of the molecule is CC1(C)c2ccccc2-c2c1ccc1c3ccccc3n(-c3ccc([Si](c4ccccc4)(c4ccccc4)c4ccc5c6ccccc6n(-c6ccccc6)c5c4)cc3)c21. The molecular formula is C57H42N2Si. The molecule has 1 aliphatic rings. The van der Waals surface area contributed by atoms with Crippen LogP contribution < -0.4 is 20.7 Å². The zero-order valence-electron chi connectivity index (χ0n) is 33.7. The number of hydrogen-bond acceptors (Lipinski definition) is 0. The van der Waals surface area contributed by atoms with Gasteiger partial charge in [-0.2, -0.15) is 0 Å². The van der Waals surface area contributed by atoms with E-state index in [-0.39, 0.29) is 5.41 Å². The summed E-state index contributed by atoms with van der Waals surface area (Å²) < 4.78 is 4.98. The summed E-state index contributed by atoms with van der Waals surface area (Å²) in [6, 6.07) is 81.9. The fourth-order valence-corrected chi connectivity index (χ4v) is 15.5. The number of nitrogens with zero attached hydrogens (tertiary/aromatic N) is 2. The Morgan fingerprint density at radius 2 is 0.833 bits per heavy atom. The van der Waals surface area contributed by atoms with Crippen molar-refractivity contribution in [3.63, 3.8) is 0 Å². The van der Waals surface area contributed by atoms with Crippen LogP contribution in [0.3, 0.4) is 0 Å². The highest BCUT2D eigenvalue weighted by atomic mass is 28.3. The predicted molar refractivity (Wildman–Crippen MR) is 256 cm³/mol. The van der Waals surface area contributed by atoms with E-state index in [9.17, 15) is 0 Å². The van der Waals surface area contributed by atoms with Crippen molar-refractivity contribution in [2.24, 2.45) is 0 Å². The fraction of sp³-hybridized carbons (Fsp3) is 0.0526. The maximum absolute atomic E-state index is 2.91. The van der Waals surface area contributed by atoms with Crippen molar-refractivity contribution in [1.82, 2.24) is 9.13 Å². The predicted octanol–water partition coefficient (Wildman–Crippen LogP) is 11.6. The van der Waals surface area contributed by atoms with Gasteiger partial charge >= 0.3 is 0 Å². The van der Waals surface area contributed by atoms with Crippen molar-refractivity contribution < 1.29 is 0 Å². The summed E-state index contributed by atoms with van der Waals surface area (Å²) in [7, 11) is -2.91. The molecule has 11 aromatic rings. The smallest absolute Gasteiger partial charge is 0.179 e. The zero-order chi connectivity index (χ0) is 40.0. The van der Waals surface area contributed by atoms with Gasteiger partial charge < -0.3 is 9.13 Å². The number of para-hydroxylation sites is 3. The highest BCUT2D eigenvalue weighted by Gasteiger charge is 2.42. The van der Waals surface area contributed by atoms with Crippen LogP contribution in [0.2, 0.25) is 0 Å². The number of rotatable bonds is 6. The molecule has 284 valence electrons. The molecule has 12 rings (SSSR count). The second-order valence-corrected chi connectivity index (χ2v) is 20.7. The molecule has 0 radical (unpaired) electrons. The maximum Gasteiger partial charge on any atom is 0.179 e. The third-order valence-electron chi connectivity index (χ3n) is 13.5. The van der Waals surface area contributed by atoms with Gasteiger partial charge in [0, 0.05) is 43.9 Å². The van der Waals surface area contributed by atoms with Gasteiger partial charge in [-0.3, -0.25) is 0 Å². The molecule has 0 amide bonds. The topological polar surface area (TPSA) is 9.86 Å². The van der Waals surface area contributed by atoms with Gasteiger partial charge in [-0.05, 0) is 79.9 Å². The van der Waals surface area contributed by atoms with Crippen molar-refractivity contribution in [3.05, 3.63) is 230 Å². The highest BCUT2D eigenvalue weighted by Crippen LogP contribution is 2.52. The summed E-state index contributed by atoms with van der Waals surface area (Å²) >= 11 is 0. The summed E-state index contributed by atoms with van der Waals surface area (Å²) in [6.45, 7) is 4.75. The first-order chi connectivity index (χ1) is 29.5. The largest absolute Gasteiger partial charge is 0.309 e. The Bertz CT molecular complexity index is 3390. The van der Waals surface area contributed by atoms with Crippen LogP contribution in [0.15, 0.2) is 218 Å². The summed E-state index contributed by atoms with van der Waals surface area (Å²) in [4.78, 5) is 0.